The molecule has 0 radical (unpaired) electrons. The van der Waals surface area contributed by atoms with Gasteiger partial charge >= 0.3 is 0 Å². The number of rotatable bonds is 8. The minimum atomic E-state index is -0.493. The summed E-state index contributed by atoms with van der Waals surface area (Å²) < 4.78 is 2.47. The van der Waals surface area contributed by atoms with Crippen LogP contribution in [0.5, 0.6) is 0 Å². The van der Waals surface area contributed by atoms with Crippen LogP contribution < -0.4 is 4.90 Å². The Morgan fingerprint density at radius 3 is 1.50 bits per heavy atom. The number of para-hydroxylation sites is 2. The van der Waals surface area contributed by atoms with Crippen molar-refractivity contribution in [2.24, 2.45) is 0 Å². The van der Waals surface area contributed by atoms with E-state index in [9.17, 15) is 0 Å². The third-order valence-electron chi connectivity index (χ3n) is 15.9. The monoisotopic (exact) mass is 918 g/mol. The van der Waals surface area contributed by atoms with E-state index >= 15 is 0 Å². The Bertz CT molecular complexity index is 3990. The first-order valence-corrected chi connectivity index (χ1v) is 25.2. The molecule has 1 aromatic heterocycles. The van der Waals surface area contributed by atoms with Crippen LogP contribution in [0.2, 0.25) is 0 Å². The molecule has 12 aromatic rings. The van der Waals surface area contributed by atoms with Crippen molar-refractivity contribution in [1.82, 2.24) is 4.57 Å². The lowest BCUT2D eigenvalue weighted by molar-refractivity contribution is 0.660. The van der Waals surface area contributed by atoms with Gasteiger partial charge < -0.3 is 9.47 Å². The fourth-order valence-electron chi connectivity index (χ4n) is 12.6. The quantitative estimate of drug-likeness (QED) is 0.147. The first-order chi connectivity index (χ1) is 35.5. The molecule has 0 bridgehead atoms. The van der Waals surface area contributed by atoms with Crippen molar-refractivity contribution in [3.05, 3.63) is 300 Å². The largest absolute Gasteiger partial charge is 0.310 e. The molecule has 0 saturated carbocycles. The molecule has 0 fully saturated rings. The highest BCUT2D eigenvalue weighted by Crippen LogP contribution is 2.57. The number of hydrogen-bond acceptors (Lipinski definition) is 1. The van der Waals surface area contributed by atoms with E-state index in [1.54, 1.807) is 0 Å². The molecule has 2 aliphatic rings. The number of anilines is 3. The molecule has 2 heteroatoms. The van der Waals surface area contributed by atoms with Gasteiger partial charge in [0.1, 0.15) is 0 Å². The van der Waals surface area contributed by atoms with Gasteiger partial charge in [-0.1, -0.05) is 226 Å². The Balaban J connectivity index is 1.03. The van der Waals surface area contributed by atoms with Crippen LogP contribution in [-0.4, -0.2) is 4.57 Å². The Kier molecular flexibility index (Phi) is 9.50. The van der Waals surface area contributed by atoms with Crippen LogP contribution in [0, 0.1) is 0 Å². The van der Waals surface area contributed by atoms with Gasteiger partial charge in [0.05, 0.1) is 16.4 Å². The zero-order valence-electron chi connectivity index (χ0n) is 40.3. The molecule has 0 unspecified atom stereocenters. The number of benzene rings is 11. The minimum Gasteiger partial charge on any atom is -0.310 e. The maximum Gasteiger partial charge on any atom is 0.0713 e. The zero-order chi connectivity index (χ0) is 48.0. The summed E-state index contributed by atoms with van der Waals surface area (Å²) in [6.07, 6.45) is 0. The number of nitrogens with zero attached hydrogens (tertiary/aromatic N) is 2. The summed E-state index contributed by atoms with van der Waals surface area (Å²) in [5.74, 6) is 0. The van der Waals surface area contributed by atoms with Crippen LogP contribution in [0.1, 0.15) is 47.2 Å². The average molecular weight is 919 g/mol. The van der Waals surface area contributed by atoms with Crippen molar-refractivity contribution in [1.29, 1.82) is 0 Å². The first kappa shape index (κ1) is 41.9. The van der Waals surface area contributed by atoms with Crippen molar-refractivity contribution in [2.75, 3.05) is 4.90 Å². The summed E-state index contributed by atoms with van der Waals surface area (Å²) in [4.78, 5) is 2.48. The smallest absolute Gasteiger partial charge is 0.0713 e. The molecule has 0 aliphatic heterocycles. The van der Waals surface area contributed by atoms with E-state index < -0.39 is 5.41 Å². The molecule has 72 heavy (non-hydrogen) atoms. The van der Waals surface area contributed by atoms with Gasteiger partial charge in [0.15, 0.2) is 0 Å². The fraction of sp³-hybridized carbons (Fsp3) is 0.0571. The summed E-state index contributed by atoms with van der Waals surface area (Å²) in [6, 6.07) is 99.2. The molecular formula is C70H50N2. The maximum atomic E-state index is 2.48. The standard InChI is InChI=1S/C70H50N2/c1-69(2)63-30-16-12-26-56(63)59-43-42-54(46-66(59)69)71(53-40-36-48(37-41-53)47-20-6-3-7-21-47)55-44-61(68-62(45-55)60-29-15-19-33-67(60)72(68)52-24-10-5-11-25-52)49-34-38-51(39-35-49)70(50-22-8-4-9-23-50)64-31-17-13-27-57(64)58-28-14-18-32-65(58)70/h3-46H,1-2H3. The molecule has 2 aliphatic carbocycles. The first-order valence-electron chi connectivity index (χ1n) is 25.2. The Labute approximate surface area is 421 Å². The molecule has 1 heterocycles. The van der Waals surface area contributed by atoms with Gasteiger partial charge in [-0.15, -0.1) is 0 Å². The molecule has 0 amide bonds. The van der Waals surface area contributed by atoms with Crippen molar-refractivity contribution in [3.8, 4) is 50.2 Å². The van der Waals surface area contributed by atoms with Gasteiger partial charge in [0, 0.05) is 44.5 Å². The van der Waals surface area contributed by atoms with Crippen LogP contribution >= 0.6 is 0 Å². The summed E-state index contributed by atoms with van der Waals surface area (Å²) in [7, 11) is 0. The molecule has 14 rings (SSSR count). The normalized spacial score (nSPS) is 13.6. The molecule has 0 N–H and O–H groups in total. The van der Waals surface area contributed by atoms with Crippen LogP contribution in [-0.2, 0) is 10.8 Å². The fourth-order valence-corrected chi connectivity index (χ4v) is 12.6. The summed E-state index contributed by atoms with van der Waals surface area (Å²) in [5.41, 5.74) is 23.9. The molecule has 2 nitrogen and oxygen atoms in total. The number of aromatic nitrogens is 1. The van der Waals surface area contributed by atoms with E-state index in [0.717, 1.165) is 33.9 Å². The maximum absolute atomic E-state index is 2.48. The minimum absolute atomic E-state index is 0.164. The van der Waals surface area contributed by atoms with Crippen molar-refractivity contribution in [3.63, 3.8) is 0 Å². The lowest BCUT2D eigenvalue weighted by atomic mass is 9.67. The summed E-state index contributed by atoms with van der Waals surface area (Å²) >= 11 is 0. The molecule has 0 saturated heterocycles. The lowest BCUT2D eigenvalue weighted by Gasteiger charge is -2.34. The van der Waals surface area contributed by atoms with Gasteiger partial charge in [-0.2, -0.15) is 0 Å². The highest BCUT2D eigenvalue weighted by atomic mass is 15.1. The second kappa shape index (κ2) is 16.3. The van der Waals surface area contributed by atoms with Crippen LogP contribution in [0.3, 0.4) is 0 Å². The summed E-state index contributed by atoms with van der Waals surface area (Å²) in [6.45, 7) is 4.74. The number of hydrogen-bond donors (Lipinski definition) is 0. The third-order valence-corrected chi connectivity index (χ3v) is 15.9. The van der Waals surface area contributed by atoms with E-state index in [4.69, 9.17) is 0 Å². The zero-order valence-corrected chi connectivity index (χ0v) is 40.3. The Hall–Kier alpha value is -8.98. The second-order valence-electron chi connectivity index (χ2n) is 20.0. The van der Waals surface area contributed by atoms with Crippen molar-refractivity contribution in [2.45, 2.75) is 24.7 Å². The van der Waals surface area contributed by atoms with Crippen LogP contribution in [0.15, 0.2) is 267 Å². The highest BCUT2D eigenvalue weighted by Gasteiger charge is 2.46. The van der Waals surface area contributed by atoms with Gasteiger partial charge in [0.2, 0.25) is 0 Å². The van der Waals surface area contributed by atoms with Gasteiger partial charge in [-0.3, -0.25) is 0 Å². The van der Waals surface area contributed by atoms with Crippen molar-refractivity contribution >= 4 is 38.9 Å². The van der Waals surface area contributed by atoms with Gasteiger partial charge in [0.25, 0.3) is 0 Å². The lowest BCUT2D eigenvalue weighted by Crippen LogP contribution is -2.28. The average Bonchev–Trinajstić information content (AvgIpc) is 4.03. The third kappa shape index (κ3) is 6.22. The van der Waals surface area contributed by atoms with E-state index in [2.05, 4.69) is 290 Å². The Morgan fingerprint density at radius 2 is 0.819 bits per heavy atom. The van der Waals surface area contributed by atoms with Crippen LogP contribution in [0.4, 0.5) is 17.1 Å². The molecule has 11 aromatic carbocycles. The topological polar surface area (TPSA) is 8.17 Å². The predicted molar refractivity (Wildman–Crippen MR) is 301 cm³/mol. The van der Waals surface area contributed by atoms with E-state index in [-0.39, 0.29) is 5.41 Å². The highest BCUT2D eigenvalue weighted by molar-refractivity contribution is 6.15. The molecule has 340 valence electrons. The Morgan fingerprint density at radius 1 is 0.319 bits per heavy atom. The molecular weight excluding hydrogens is 869 g/mol. The van der Waals surface area contributed by atoms with Crippen molar-refractivity contribution < 1.29 is 0 Å². The SMILES string of the molecule is CC1(C)c2ccccc2-c2ccc(N(c3ccc(-c4ccccc4)cc3)c3cc(-c4ccc(C5(c6ccccc6)c6ccccc6-c6ccccc65)cc4)c4c(c3)c3ccccc3n4-c3ccccc3)cc21. The van der Waals surface area contributed by atoms with Gasteiger partial charge in [-0.05, 0) is 127 Å². The van der Waals surface area contributed by atoms with E-state index in [0.29, 0.717) is 0 Å². The van der Waals surface area contributed by atoms with E-state index in [1.165, 1.54) is 88.6 Å². The summed E-state index contributed by atoms with van der Waals surface area (Å²) in [5, 5.41) is 2.41. The predicted octanol–water partition coefficient (Wildman–Crippen LogP) is 18.3. The van der Waals surface area contributed by atoms with Crippen LogP contribution in [0.25, 0.3) is 72.0 Å². The molecule has 0 spiro atoms. The van der Waals surface area contributed by atoms with Gasteiger partial charge in [-0.25, -0.2) is 0 Å². The van der Waals surface area contributed by atoms with E-state index in [1.807, 2.05) is 0 Å². The second-order valence-corrected chi connectivity index (χ2v) is 20.0. The number of fused-ring (bicyclic) bond motifs is 9. The molecule has 0 atom stereocenters.